The molecule has 0 saturated carbocycles. The fourth-order valence-electron chi connectivity index (χ4n) is 3.61. The number of ether oxygens (including phenoxy) is 4. The van der Waals surface area contributed by atoms with E-state index in [0.717, 1.165) is 49.9 Å². The Bertz CT molecular complexity index is 1490. The molecule has 268 valence electrons. The van der Waals surface area contributed by atoms with Crippen LogP contribution in [0.5, 0.6) is 0 Å². The summed E-state index contributed by atoms with van der Waals surface area (Å²) in [6.07, 6.45) is 5.82. The number of hydrogen-bond donors (Lipinski definition) is 0. The molecule has 0 aliphatic rings. The predicted octanol–water partition coefficient (Wildman–Crippen LogP) is 4.63. The van der Waals surface area contributed by atoms with Gasteiger partial charge in [0.15, 0.2) is 0 Å². The first-order valence-electron chi connectivity index (χ1n) is 15.5. The smallest absolute Gasteiger partial charge is 0.744 e. The minimum Gasteiger partial charge on any atom is -0.744 e. The van der Waals surface area contributed by atoms with Crippen LogP contribution in [-0.4, -0.2) is 125 Å². The maximum Gasteiger partial charge on any atom is 2.00 e. The van der Waals surface area contributed by atoms with E-state index in [2.05, 4.69) is 0 Å². The van der Waals surface area contributed by atoms with Crippen LogP contribution in [0.4, 0.5) is 0 Å². The first-order valence-corrected chi connectivity index (χ1v) is 18.3. The van der Waals surface area contributed by atoms with Gasteiger partial charge >= 0.3 is 72.8 Å². The van der Waals surface area contributed by atoms with Crippen LogP contribution in [0.1, 0.15) is 120 Å². The second-order valence-electron chi connectivity index (χ2n) is 10.3. The van der Waals surface area contributed by atoms with Crippen molar-refractivity contribution in [3.05, 3.63) is 58.7 Å². The summed E-state index contributed by atoms with van der Waals surface area (Å²) in [4.78, 5) is 46.0. The van der Waals surface area contributed by atoms with Gasteiger partial charge in [0.25, 0.3) is 0 Å². The summed E-state index contributed by atoms with van der Waals surface area (Å²) >= 11 is 0. The fourth-order valence-corrected chi connectivity index (χ4v) is 4.99. The van der Waals surface area contributed by atoms with Crippen LogP contribution >= 0.6 is 0 Å². The third-order valence-corrected chi connectivity index (χ3v) is 8.09. The summed E-state index contributed by atoms with van der Waals surface area (Å²) in [7, 11) is -9.90. The molecule has 0 aliphatic heterocycles. The zero-order valence-electron chi connectivity index (χ0n) is 28.2. The normalized spacial score (nSPS) is 10.9. The van der Waals surface area contributed by atoms with Gasteiger partial charge < -0.3 is 28.1 Å². The van der Waals surface area contributed by atoms with Crippen molar-refractivity contribution in [2.75, 3.05) is 26.4 Å². The molecule has 0 atom stereocenters. The van der Waals surface area contributed by atoms with E-state index in [0.29, 0.717) is 25.7 Å². The Balaban J connectivity index is 0.000000922. The van der Waals surface area contributed by atoms with Gasteiger partial charge in [-0.2, -0.15) is 0 Å². The second-order valence-corrected chi connectivity index (χ2v) is 13.0. The van der Waals surface area contributed by atoms with Crippen LogP contribution in [0, 0.1) is 0 Å². The third kappa shape index (κ3) is 17.0. The Morgan fingerprint density at radius 3 is 1.02 bits per heavy atom. The van der Waals surface area contributed by atoms with Crippen LogP contribution in [0.3, 0.4) is 0 Å². The van der Waals surface area contributed by atoms with E-state index in [9.17, 15) is 45.1 Å². The van der Waals surface area contributed by atoms with Gasteiger partial charge in [0.1, 0.15) is 20.2 Å². The minimum absolute atomic E-state index is 0. The molecule has 17 heteroatoms. The molecule has 0 amide bonds. The van der Waals surface area contributed by atoms with Gasteiger partial charge in [-0.1, -0.05) is 53.4 Å². The zero-order chi connectivity index (χ0) is 36.3. The molecular formula is C32H42BaO14S2. The van der Waals surface area contributed by atoms with E-state index in [1.807, 2.05) is 27.7 Å². The van der Waals surface area contributed by atoms with Gasteiger partial charge in [-0.3, -0.25) is 0 Å². The molecular weight excluding hydrogens is 810 g/mol. The van der Waals surface area contributed by atoms with Crippen molar-refractivity contribution in [2.24, 2.45) is 0 Å². The number of rotatable bonds is 18. The Morgan fingerprint density at radius 2 is 0.776 bits per heavy atom. The molecule has 0 aromatic heterocycles. The standard InChI is InChI=1S/2C16H22O7S.Ba/c2*1-3-5-9-22-15(17)12-7-8-13(14(11-12)24(19,20)21)16(18)23-10-6-4-2;/h2*7-8,11H,3-6,9-10H2,1-2H3,(H,19,20,21);/q;;+2/p-2. The maximum atomic E-state index is 11.9. The average Bonchev–Trinajstić information content (AvgIpc) is 3.04. The molecule has 2 rings (SSSR count). The van der Waals surface area contributed by atoms with Gasteiger partial charge in [0.05, 0.1) is 58.5 Å². The summed E-state index contributed by atoms with van der Waals surface area (Å²) in [5.41, 5.74) is -0.978. The monoisotopic (exact) mass is 852 g/mol. The summed E-state index contributed by atoms with van der Waals surface area (Å²) in [5.74, 6) is -3.33. The summed E-state index contributed by atoms with van der Waals surface area (Å²) in [6.45, 7) is 8.28. The predicted molar refractivity (Wildman–Crippen MR) is 175 cm³/mol. The number of hydrogen-bond acceptors (Lipinski definition) is 14. The van der Waals surface area contributed by atoms with E-state index in [-0.39, 0.29) is 97.6 Å². The molecule has 2 aromatic rings. The van der Waals surface area contributed by atoms with Gasteiger partial charge in [0, 0.05) is 0 Å². The molecule has 0 spiro atoms. The molecule has 49 heavy (non-hydrogen) atoms. The van der Waals surface area contributed by atoms with Crippen molar-refractivity contribution in [1.82, 2.24) is 0 Å². The van der Waals surface area contributed by atoms with E-state index in [1.165, 1.54) is 12.1 Å². The zero-order valence-corrected chi connectivity index (χ0v) is 34.3. The summed E-state index contributed by atoms with van der Waals surface area (Å²) in [5, 5.41) is 0. The number of carbonyl (C=O) groups excluding carboxylic acids is 4. The van der Waals surface area contributed by atoms with Gasteiger partial charge in [-0.05, 0) is 62.1 Å². The Labute approximate surface area is 328 Å². The molecule has 14 nitrogen and oxygen atoms in total. The van der Waals surface area contributed by atoms with Crippen LogP contribution in [0.2, 0.25) is 0 Å². The molecule has 0 aliphatic carbocycles. The Morgan fingerprint density at radius 1 is 0.510 bits per heavy atom. The average molecular weight is 852 g/mol. The first kappa shape index (κ1) is 46.7. The van der Waals surface area contributed by atoms with Gasteiger partial charge in [0.2, 0.25) is 0 Å². The van der Waals surface area contributed by atoms with Crippen molar-refractivity contribution in [1.29, 1.82) is 0 Å². The second kappa shape index (κ2) is 24.0. The maximum absolute atomic E-state index is 11.9. The molecule has 0 bridgehead atoms. The number of carbonyl (C=O) groups is 4. The summed E-state index contributed by atoms with van der Waals surface area (Å²) in [6, 6.07) is 6.36. The molecule has 2 aromatic carbocycles. The van der Waals surface area contributed by atoms with Crippen LogP contribution in [0.25, 0.3) is 0 Å². The van der Waals surface area contributed by atoms with Crippen molar-refractivity contribution in [3.8, 4) is 0 Å². The van der Waals surface area contributed by atoms with E-state index < -0.39 is 53.9 Å². The fraction of sp³-hybridized carbons (Fsp3) is 0.500. The van der Waals surface area contributed by atoms with Crippen molar-refractivity contribution in [2.45, 2.75) is 88.9 Å². The van der Waals surface area contributed by atoms with Crippen LogP contribution < -0.4 is 0 Å². The molecule has 0 saturated heterocycles. The third-order valence-electron chi connectivity index (χ3n) is 6.34. The molecule has 0 heterocycles. The quantitative estimate of drug-likeness (QED) is 0.0657. The molecule has 0 unspecified atom stereocenters. The largest absolute Gasteiger partial charge is 2.00 e. The van der Waals surface area contributed by atoms with Crippen molar-refractivity contribution in [3.63, 3.8) is 0 Å². The molecule has 0 fully saturated rings. The summed E-state index contributed by atoms with van der Waals surface area (Å²) < 4.78 is 88.2. The van der Waals surface area contributed by atoms with Gasteiger partial charge in [-0.15, -0.1) is 0 Å². The molecule has 0 radical (unpaired) electrons. The molecule has 0 N–H and O–H groups in total. The number of esters is 4. The number of unbranched alkanes of at least 4 members (excludes halogenated alkanes) is 4. The Hall–Kier alpha value is -2.29. The van der Waals surface area contributed by atoms with Gasteiger partial charge in [-0.25, -0.2) is 36.0 Å². The SMILES string of the molecule is CCCCOC(=O)c1ccc(C(=O)OCCCC)c(S(=O)(=O)[O-])c1.CCCCOC(=O)c1ccc(C(=O)OCCCC)c(S(=O)(=O)[O-])c1.[Ba+2]. The van der Waals surface area contributed by atoms with E-state index in [4.69, 9.17) is 18.9 Å². The van der Waals surface area contributed by atoms with Crippen LogP contribution in [-0.2, 0) is 39.2 Å². The van der Waals surface area contributed by atoms with Crippen LogP contribution in [0.15, 0.2) is 46.2 Å². The number of benzene rings is 2. The van der Waals surface area contributed by atoms with Crippen molar-refractivity contribution >= 4 is 93.0 Å². The topological polar surface area (TPSA) is 220 Å². The van der Waals surface area contributed by atoms with E-state index >= 15 is 0 Å². The Kier molecular flexibility index (Phi) is 22.9. The van der Waals surface area contributed by atoms with E-state index in [1.54, 1.807) is 0 Å². The minimum atomic E-state index is -4.95. The van der Waals surface area contributed by atoms with Crippen molar-refractivity contribution < 1.29 is 64.1 Å². The first-order chi connectivity index (χ1) is 22.6.